The number of thioether (sulfide) groups is 1. The lowest BCUT2D eigenvalue weighted by atomic mass is 10.0. The van der Waals surface area contributed by atoms with Crippen LogP contribution in [0.2, 0.25) is 10.0 Å². The maximum absolute atomic E-state index is 12.1. The molecule has 0 radical (unpaired) electrons. The topological polar surface area (TPSA) is 41.1 Å². The number of hydrogen-bond acceptors (Lipinski definition) is 3. The normalized spacial score (nSPS) is 13.7. The van der Waals surface area contributed by atoms with E-state index in [-0.39, 0.29) is 18.3 Å². The highest BCUT2D eigenvalue weighted by atomic mass is 35.5. The number of halogens is 3. The van der Waals surface area contributed by atoms with Crippen LogP contribution < -0.4 is 10.6 Å². The molecular weight excluding hydrogens is 399 g/mol. The Morgan fingerprint density at radius 1 is 1.16 bits per heavy atom. The molecular formula is C18H19Cl3N2OS. The smallest absolute Gasteiger partial charge is 0.251 e. The van der Waals surface area contributed by atoms with E-state index in [0.29, 0.717) is 21.5 Å². The van der Waals surface area contributed by atoms with E-state index in [2.05, 4.69) is 10.6 Å². The van der Waals surface area contributed by atoms with E-state index in [1.165, 1.54) is 0 Å². The molecule has 1 amide bonds. The minimum Gasteiger partial charge on any atom is -0.352 e. The molecule has 7 heteroatoms. The van der Waals surface area contributed by atoms with Crippen molar-refractivity contribution >= 4 is 53.3 Å². The van der Waals surface area contributed by atoms with Crippen LogP contribution in [0.25, 0.3) is 0 Å². The van der Waals surface area contributed by atoms with Gasteiger partial charge in [0.05, 0.1) is 5.02 Å². The monoisotopic (exact) mass is 416 g/mol. The quantitative estimate of drug-likeness (QED) is 0.672. The molecule has 1 heterocycles. The van der Waals surface area contributed by atoms with Crippen molar-refractivity contribution in [3.05, 3.63) is 63.6 Å². The molecule has 0 bridgehead atoms. The molecule has 0 unspecified atom stereocenters. The zero-order chi connectivity index (χ0) is 16.9. The maximum Gasteiger partial charge on any atom is 0.251 e. The van der Waals surface area contributed by atoms with Crippen molar-refractivity contribution in [2.45, 2.75) is 10.6 Å². The average molecular weight is 418 g/mol. The van der Waals surface area contributed by atoms with Crippen molar-refractivity contribution in [3.63, 3.8) is 0 Å². The van der Waals surface area contributed by atoms with E-state index < -0.39 is 0 Å². The molecule has 1 aliphatic rings. The zero-order valence-corrected chi connectivity index (χ0v) is 16.6. The van der Waals surface area contributed by atoms with Gasteiger partial charge in [-0.25, -0.2) is 0 Å². The number of hydrogen-bond donors (Lipinski definition) is 2. The lowest BCUT2D eigenvalue weighted by Gasteiger charge is -2.27. The first-order chi connectivity index (χ1) is 11.6. The van der Waals surface area contributed by atoms with Gasteiger partial charge in [-0.15, -0.1) is 24.2 Å². The molecule has 1 fully saturated rings. The summed E-state index contributed by atoms with van der Waals surface area (Å²) >= 11 is 13.8. The summed E-state index contributed by atoms with van der Waals surface area (Å²) in [5, 5.41) is 7.55. The molecule has 2 N–H and O–H groups in total. The Kier molecular flexibility index (Phi) is 7.91. The fourth-order valence-electron chi connectivity index (χ4n) is 2.33. The molecule has 1 aliphatic heterocycles. The molecule has 3 rings (SSSR count). The summed E-state index contributed by atoms with van der Waals surface area (Å²) in [7, 11) is 0. The van der Waals surface area contributed by atoms with Crippen LogP contribution in [-0.4, -0.2) is 25.5 Å². The van der Waals surface area contributed by atoms with Gasteiger partial charge in [-0.3, -0.25) is 4.79 Å². The Balaban J connectivity index is 0.00000225. The van der Waals surface area contributed by atoms with E-state index in [0.717, 1.165) is 35.8 Å². The van der Waals surface area contributed by atoms with E-state index in [4.69, 9.17) is 23.2 Å². The first-order valence-corrected chi connectivity index (χ1v) is 9.51. The SMILES string of the molecule is Cl.O=C(NCC1CNC1)c1ccc(CSc2cc(Cl)ccc2Cl)cc1. The van der Waals surface area contributed by atoms with Gasteiger partial charge < -0.3 is 10.6 Å². The van der Waals surface area contributed by atoms with E-state index in [1.807, 2.05) is 30.3 Å². The summed E-state index contributed by atoms with van der Waals surface area (Å²) in [6, 6.07) is 13.1. The summed E-state index contributed by atoms with van der Waals surface area (Å²) in [6.45, 7) is 2.71. The summed E-state index contributed by atoms with van der Waals surface area (Å²) in [6.07, 6.45) is 0. The maximum atomic E-state index is 12.1. The molecule has 0 aliphatic carbocycles. The van der Waals surface area contributed by atoms with Crippen LogP contribution in [0.4, 0.5) is 0 Å². The number of carbonyl (C=O) groups excluding carboxylic acids is 1. The number of rotatable bonds is 6. The molecule has 2 aromatic rings. The second-order valence-electron chi connectivity index (χ2n) is 5.79. The van der Waals surface area contributed by atoms with Gasteiger partial charge in [0.15, 0.2) is 0 Å². The van der Waals surface area contributed by atoms with Gasteiger partial charge in [-0.2, -0.15) is 0 Å². The number of benzene rings is 2. The van der Waals surface area contributed by atoms with Gasteiger partial charge in [-0.1, -0.05) is 35.3 Å². The highest BCUT2D eigenvalue weighted by Gasteiger charge is 2.17. The first-order valence-electron chi connectivity index (χ1n) is 7.77. The summed E-state index contributed by atoms with van der Waals surface area (Å²) < 4.78 is 0. The largest absolute Gasteiger partial charge is 0.352 e. The zero-order valence-electron chi connectivity index (χ0n) is 13.4. The van der Waals surface area contributed by atoms with Crippen molar-refractivity contribution in [1.82, 2.24) is 10.6 Å². The standard InChI is InChI=1S/C18H18Cl2N2OS.ClH/c19-15-5-6-16(20)17(7-15)24-11-12-1-3-14(4-2-12)18(23)22-10-13-8-21-9-13;/h1-7,13,21H,8-11H2,(H,22,23);1H. The molecule has 25 heavy (non-hydrogen) atoms. The predicted molar refractivity (Wildman–Crippen MR) is 108 cm³/mol. The van der Waals surface area contributed by atoms with Crippen LogP contribution >= 0.6 is 47.4 Å². The Hall–Kier alpha value is -0.910. The minimum atomic E-state index is -0.0148. The van der Waals surface area contributed by atoms with Gasteiger partial charge in [0, 0.05) is 46.8 Å². The van der Waals surface area contributed by atoms with Gasteiger partial charge in [0.1, 0.15) is 0 Å². The third-order valence-corrected chi connectivity index (χ3v) is 5.72. The number of nitrogens with one attached hydrogen (secondary N) is 2. The van der Waals surface area contributed by atoms with E-state index >= 15 is 0 Å². The third kappa shape index (κ3) is 5.80. The van der Waals surface area contributed by atoms with Crippen molar-refractivity contribution in [2.75, 3.05) is 19.6 Å². The van der Waals surface area contributed by atoms with Crippen molar-refractivity contribution in [2.24, 2.45) is 5.92 Å². The predicted octanol–water partition coefficient (Wildman–Crippen LogP) is 4.66. The summed E-state index contributed by atoms with van der Waals surface area (Å²) in [4.78, 5) is 13.1. The summed E-state index contributed by atoms with van der Waals surface area (Å²) in [5.74, 6) is 1.32. The van der Waals surface area contributed by atoms with Gasteiger partial charge in [0.25, 0.3) is 5.91 Å². The Morgan fingerprint density at radius 2 is 1.88 bits per heavy atom. The van der Waals surface area contributed by atoms with Crippen LogP contribution in [0.3, 0.4) is 0 Å². The molecule has 134 valence electrons. The van der Waals surface area contributed by atoms with Gasteiger partial charge >= 0.3 is 0 Å². The highest BCUT2D eigenvalue weighted by Crippen LogP contribution is 2.32. The van der Waals surface area contributed by atoms with Gasteiger partial charge in [0.2, 0.25) is 0 Å². The Labute approximate surface area is 168 Å². The molecule has 1 saturated heterocycles. The second kappa shape index (κ2) is 9.70. The first kappa shape index (κ1) is 20.4. The third-order valence-electron chi connectivity index (χ3n) is 3.92. The average Bonchev–Trinajstić information content (AvgIpc) is 2.54. The van der Waals surface area contributed by atoms with E-state index in [1.54, 1.807) is 23.9 Å². The molecule has 0 saturated carbocycles. The molecule has 0 aromatic heterocycles. The van der Waals surface area contributed by atoms with Crippen LogP contribution in [0.1, 0.15) is 15.9 Å². The van der Waals surface area contributed by atoms with E-state index in [9.17, 15) is 4.79 Å². The van der Waals surface area contributed by atoms with Crippen LogP contribution in [0.15, 0.2) is 47.4 Å². The molecule has 3 nitrogen and oxygen atoms in total. The molecule has 2 aromatic carbocycles. The molecule has 0 spiro atoms. The van der Waals surface area contributed by atoms with Crippen molar-refractivity contribution in [1.29, 1.82) is 0 Å². The van der Waals surface area contributed by atoms with Crippen LogP contribution in [-0.2, 0) is 5.75 Å². The lowest BCUT2D eigenvalue weighted by molar-refractivity contribution is 0.0942. The lowest BCUT2D eigenvalue weighted by Crippen LogP contribution is -2.48. The Morgan fingerprint density at radius 3 is 2.52 bits per heavy atom. The number of amides is 1. The van der Waals surface area contributed by atoms with Crippen LogP contribution in [0, 0.1) is 5.92 Å². The molecule has 0 atom stereocenters. The fraction of sp³-hybridized carbons (Fsp3) is 0.278. The second-order valence-corrected chi connectivity index (χ2v) is 7.66. The van der Waals surface area contributed by atoms with Crippen LogP contribution in [0.5, 0.6) is 0 Å². The highest BCUT2D eigenvalue weighted by molar-refractivity contribution is 7.98. The van der Waals surface area contributed by atoms with Crippen molar-refractivity contribution in [3.8, 4) is 0 Å². The Bertz CT molecular complexity index is 721. The van der Waals surface area contributed by atoms with Gasteiger partial charge in [-0.05, 0) is 35.9 Å². The number of carbonyl (C=O) groups is 1. The van der Waals surface area contributed by atoms with Crippen molar-refractivity contribution < 1.29 is 4.79 Å². The minimum absolute atomic E-state index is 0. The summed E-state index contributed by atoms with van der Waals surface area (Å²) in [5.41, 5.74) is 1.83. The fourth-order valence-corrected chi connectivity index (χ4v) is 3.78.